The van der Waals surface area contributed by atoms with E-state index in [4.69, 9.17) is 28.0 Å². The molecule has 0 spiro atoms. The van der Waals surface area contributed by atoms with E-state index in [9.17, 15) is 59.9 Å². The number of hydrogen-bond acceptors (Lipinski definition) is 17. The fourth-order valence-electron chi connectivity index (χ4n) is 8.83. The maximum Gasteiger partial charge on any atom is 0.472 e. The van der Waals surface area contributed by atoms with Crippen molar-refractivity contribution in [2.75, 3.05) is 19.8 Å². The van der Waals surface area contributed by atoms with Crippen molar-refractivity contribution in [1.82, 2.24) is 0 Å². The Hall–Kier alpha value is -1.61. The highest BCUT2D eigenvalue weighted by Crippen LogP contribution is 2.48. The molecule has 18 nitrogen and oxygen atoms in total. The van der Waals surface area contributed by atoms with Crippen LogP contribution in [0.3, 0.4) is 0 Å². The highest BCUT2D eigenvalue weighted by molar-refractivity contribution is 7.47. The Morgan fingerprint density at radius 1 is 0.571 bits per heavy atom. The predicted molar refractivity (Wildman–Crippen MR) is 263 cm³/mol. The highest BCUT2D eigenvalue weighted by Gasteiger charge is 2.55. The number of phosphoric ester groups is 1. The van der Waals surface area contributed by atoms with Gasteiger partial charge in [-0.1, -0.05) is 161 Å². The number of aliphatic hydroxyl groups is 8. The first-order chi connectivity index (χ1) is 33.6. The summed E-state index contributed by atoms with van der Waals surface area (Å²) >= 11 is 0. The standard InChI is InChI=1S/C51H95O18P/c1-4-6-8-10-12-13-14-15-16-17-18-19-25-29-33-41(54)66-38(35-64-40(53)32-28-24-21-20-23-27-31-37(3)30-26-22-11-9-7-5-2)36-65-70(62,63)69-50-47(60)45(58)44(57)46(59)49(50)68-51-48(61)43(56)42(55)39(34-52)67-51/h16-17,37-39,42-52,55-61H,4-15,18-36H2,1-3H3,(H,62,63). The van der Waals surface area contributed by atoms with Crippen molar-refractivity contribution < 1.29 is 87.9 Å². The minimum atomic E-state index is -5.38. The van der Waals surface area contributed by atoms with Crippen molar-refractivity contribution in [3.05, 3.63) is 12.2 Å². The molecule has 0 aromatic rings. The lowest BCUT2D eigenvalue weighted by molar-refractivity contribution is -0.338. The molecule has 14 atom stereocenters. The molecule has 0 radical (unpaired) electrons. The van der Waals surface area contributed by atoms with Crippen molar-refractivity contribution in [2.24, 2.45) is 5.92 Å². The van der Waals surface area contributed by atoms with Crippen LogP contribution in [0.5, 0.6) is 0 Å². The largest absolute Gasteiger partial charge is 0.472 e. The van der Waals surface area contributed by atoms with Crippen molar-refractivity contribution >= 4 is 19.8 Å². The molecule has 70 heavy (non-hydrogen) atoms. The van der Waals surface area contributed by atoms with Gasteiger partial charge in [-0.2, -0.15) is 0 Å². The Kier molecular flexibility index (Phi) is 35.0. The van der Waals surface area contributed by atoms with Gasteiger partial charge in [0, 0.05) is 12.8 Å². The molecule has 19 heteroatoms. The smallest absolute Gasteiger partial charge is 0.462 e. The normalized spacial score (nSPS) is 27.9. The second-order valence-electron chi connectivity index (χ2n) is 19.7. The summed E-state index contributed by atoms with van der Waals surface area (Å²) in [6.07, 6.45) is 10.1. The minimum Gasteiger partial charge on any atom is -0.462 e. The maximum absolute atomic E-state index is 13.4. The van der Waals surface area contributed by atoms with Gasteiger partial charge in [-0.25, -0.2) is 4.57 Å². The van der Waals surface area contributed by atoms with E-state index >= 15 is 0 Å². The van der Waals surface area contributed by atoms with Gasteiger partial charge in [-0.3, -0.25) is 18.6 Å². The fourth-order valence-corrected chi connectivity index (χ4v) is 9.79. The number of aliphatic hydroxyl groups excluding tert-OH is 8. The van der Waals surface area contributed by atoms with Crippen molar-refractivity contribution in [3.8, 4) is 0 Å². The Bertz CT molecular complexity index is 1420. The van der Waals surface area contributed by atoms with E-state index in [0.717, 1.165) is 57.3 Å². The van der Waals surface area contributed by atoms with Crippen LogP contribution in [0, 0.1) is 5.92 Å². The molecule has 9 N–H and O–H groups in total. The summed E-state index contributed by atoms with van der Waals surface area (Å²) in [5, 5.41) is 83.0. The second kappa shape index (κ2) is 38.0. The number of allylic oxidation sites excluding steroid dienone is 2. The summed E-state index contributed by atoms with van der Waals surface area (Å²) in [6, 6.07) is 0. The zero-order chi connectivity index (χ0) is 51.7. The molecule has 1 saturated heterocycles. The van der Waals surface area contributed by atoms with Gasteiger partial charge in [-0.15, -0.1) is 0 Å². The molecule has 1 aliphatic heterocycles. The summed E-state index contributed by atoms with van der Waals surface area (Å²) in [5.41, 5.74) is 0. The van der Waals surface area contributed by atoms with Crippen molar-refractivity contribution in [1.29, 1.82) is 0 Å². The summed E-state index contributed by atoms with van der Waals surface area (Å²) < 4.78 is 45.5. The Balaban J connectivity index is 1.94. The highest BCUT2D eigenvalue weighted by atomic mass is 31.2. The summed E-state index contributed by atoms with van der Waals surface area (Å²) in [4.78, 5) is 36.6. The van der Waals surface area contributed by atoms with Crippen LogP contribution < -0.4 is 0 Å². The first-order valence-corrected chi connectivity index (χ1v) is 28.4. The third kappa shape index (κ3) is 26.6. The average molecular weight is 1030 g/mol. The van der Waals surface area contributed by atoms with Gasteiger partial charge in [0.15, 0.2) is 12.4 Å². The molecular formula is C51H95O18P. The summed E-state index contributed by atoms with van der Waals surface area (Å²) in [6.45, 7) is 4.56. The third-order valence-corrected chi connectivity index (χ3v) is 14.3. The first-order valence-electron chi connectivity index (χ1n) is 26.9. The van der Waals surface area contributed by atoms with Crippen molar-refractivity contribution in [2.45, 2.75) is 274 Å². The average Bonchev–Trinajstić information content (AvgIpc) is 3.33. The van der Waals surface area contributed by atoms with E-state index in [0.29, 0.717) is 12.8 Å². The van der Waals surface area contributed by atoms with Gasteiger partial charge >= 0.3 is 19.8 Å². The molecule has 2 aliphatic rings. The van der Waals surface area contributed by atoms with Crippen LogP contribution in [0.4, 0.5) is 0 Å². The lowest BCUT2D eigenvalue weighted by Crippen LogP contribution is -2.67. The van der Waals surface area contributed by atoms with Gasteiger partial charge in [0.25, 0.3) is 0 Å². The van der Waals surface area contributed by atoms with Crippen LogP contribution in [-0.4, -0.2) is 151 Å². The number of esters is 2. The Morgan fingerprint density at radius 3 is 1.57 bits per heavy atom. The SMILES string of the molecule is CCCCCCCCCC=CCCCCCC(=O)OC(COC(=O)CCCCCCCCC(C)CCCCCCCC)COP(=O)(O)OC1C(O)C(O)C(O)C(O)C1OC1OC(CO)C(O)C(O)C1O. The minimum absolute atomic E-state index is 0.0147. The zero-order valence-corrected chi connectivity index (χ0v) is 43.6. The number of carbonyl (C=O) groups is 2. The van der Waals surface area contributed by atoms with Crippen LogP contribution in [0.2, 0.25) is 0 Å². The van der Waals surface area contributed by atoms with Crippen LogP contribution in [0.15, 0.2) is 12.2 Å². The molecule has 1 aliphatic carbocycles. The second-order valence-corrected chi connectivity index (χ2v) is 21.1. The number of unbranched alkanes of at least 4 members (excludes halogenated alkanes) is 20. The predicted octanol–water partition coefficient (Wildman–Crippen LogP) is 6.74. The number of hydrogen-bond donors (Lipinski definition) is 9. The van der Waals surface area contributed by atoms with Gasteiger partial charge < -0.3 is 64.7 Å². The van der Waals surface area contributed by atoms with Crippen LogP contribution >= 0.6 is 7.82 Å². The molecule has 412 valence electrons. The van der Waals surface area contributed by atoms with E-state index in [1.807, 2.05) is 0 Å². The molecule has 2 fully saturated rings. The lowest BCUT2D eigenvalue weighted by atomic mass is 9.84. The summed E-state index contributed by atoms with van der Waals surface area (Å²) in [7, 11) is -5.38. The Morgan fingerprint density at radius 2 is 1.03 bits per heavy atom. The van der Waals surface area contributed by atoms with Gasteiger partial charge in [0.1, 0.15) is 67.6 Å². The molecule has 0 aromatic carbocycles. The lowest BCUT2D eigenvalue weighted by Gasteiger charge is -2.47. The van der Waals surface area contributed by atoms with Gasteiger partial charge in [0.05, 0.1) is 13.2 Å². The first kappa shape index (κ1) is 64.5. The fraction of sp³-hybridized carbons (Fsp3) is 0.922. The summed E-state index contributed by atoms with van der Waals surface area (Å²) in [5.74, 6) is -0.496. The van der Waals surface area contributed by atoms with E-state index < -0.39 is 113 Å². The van der Waals surface area contributed by atoms with Crippen molar-refractivity contribution in [3.63, 3.8) is 0 Å². The zero-order valence-electron chi connectivity index (χ0n) is 42.7. The van der Waals surface area contributed by atoms with E-state index in [1.54, 1.807) is 0 Å². The maximum atomic E-state index is 13.4. The number of rotatable bonds is 41. The Labute approximate surface area is 418 Å². The van der Waals surface area contributed by atoms with E-state index in [1.165, 1.54) is 103 Å². The van der Waals surface area contributed by atoms with E-state index in [-0.39, 0.29) is 12.8 Å². The van der Waals surface area contributed by atoms with Gasteiger partial charge in [-0.05, 0) is 44.4 Å². The van der Waals surface area contributed by atoms with Crippen LogP contribution in [0.25, 0.3) is 0 Å². The molecular weight excluding hydrogens is 932 g/mol. The molecule has 1 saturated carbocycles. The molecule has 2 rings (SSSR count). The molecule has 0 aromatic heterocycles. The quantitative estimate of drug-likeness (QED) is 0.0133. The monoisotopic (exact) mass is 1030 g/mol. The van der Waals surface area contributed by atoms with Crippen LogP contribution in [0.1, 0.15) is 201 Å². The third-order valence-electron chi connectivity index (χ3n) is 13.4. The topological polar surface area (TPSA) is 289 Å². The molecule has 1 heterocycles. The number of ether oxygens (including phenoxy) is 4. The molecule has 0 amide bonds. The van der Waals surface area contributed by atoms with Crippen LogP contribution in [-0.2, 0) is 42.1 Å². The van der Waals surface area contributed by atoms with E-state index in [2.05, 4.69) is 32.9 Å². The number of phosphoric acid groups is 1. The van der Waals surface area contributed by atoms with Gasteiger partial charge in [0.2, 0.25) is 0 Å². The number of carbonyl (C=O) groups excluding carboxylic acids is 2. The molecule has 0 bridgehead atoms. The molecule has 14 unspecified atom stereocenters.